The molecule has 0 heterocycles. The molecule has 0 N–H and O–H groups in total. The van der Waals surface area contributed by atoms with Crippen LogP contribution in [0.5, 0.6) is 0 Å². The quantitative estimate of drug-likeness (QED) is 0.748. The average molecular weight is 356 g/mol. The van der Waals surface area contributed by atoms with E-state index in [4.69, 9.17) is 11.6 Å². The molecule has 98 valence electrons. The molecule has 2 rings (SSSR count). The minimum Gasteiger partial charge on any atom is -0.248 e. The zero-order valence-corrected chi connectivity index (χ0v) is 13.4. The maximum absolute atomic E-state index is 12.2. The summed E-state index contributed by atoms with van der Waals surface area (Å²) in [6.45, 7) is 1.99. The summed E-state index contributed by atoms with van der Waals surface area (Å²) < 4.78 is 13.6. The topological polar surface area (TPSA) is 17.1 Å². The van der Waals surface area contributed by atoms with E-state index >= 15 is 0 Å². The van der Waals surface area contributed by atoms with Gasteiger partial charge in [0.2, 0.25) is 0 Å². The smallest absolute Gasteiger partial charge is 0.110 e. The summed E-state index contributed by atoms with van der Waals surface area (Å²) in [4.78, 5) is 0.712. The SMILES string of the molecule is Cc1ccc(S(=O)/C(Cl)=C/c2ccc(Br)cc2)cc1. The lowest BCUT2D eigenvalue weighted by Crippen LogP contribution is -1.91. The first-order valence-electron chi connectivity index (χ1n) is 5.67. The molecule has 0 aliphatic carbocycles. The summed E-state index contributed by atoms with van der Waals surface area (Å²) in [6, 6.07) is 15.2. The van der Waals surface area contributed by atoms with Crippen molar-refractivity contribution < 1.29 is 4.21 Å². The van der Waals surface area contributed by atoms with Crippen LogP contribution in [0, 0.1) is 6.92 Å². The molecular formula is C15H12BrClOS. The largest absolute Gasteiger partial charge is 0.248 e. The summed E-state index contributed by atoms with van der Waals surface area (Å²) in [5.41, 5.74) is 2.06. The standard InChI is InChI=1S/C15H12BrClOS/c1-11-2-8-14(9-3-11)19(18)15(17)10-12-4-6-13(16)7-5-12/h2-10H,1H3/b15-10+. The van der Waals surface area contributed by atoms with Gasteiger partial charge < -0.3 is 0 Å². The Labute approximate surface area is 128 Å². The molecule has 0 saturated carbocycles. The molecule has 2 aromatic carbocycles. The van der Waals surface area contributed by atoms with Gasteiger partial charge in [0, 0.05) is 9.37 Å². The number of halogens is 2. The first-order valence-corrected chi connectivity index (χ1v) is 7.99. The zero-order valence-electron chi connectivity index (χ0n) is 10.3. The molecule has 1 atom stereocenters. The van der Waals surface area contributed by atoms with Gasteiger partial charge in [-0.1, -0.05) is 57.4 Å². The summed E-state index contributed by atoms with van der Waals surface area (Å²) in [5, 5.41) is 0. The van der Waals surface area contributed by atoms with Crippen molar-refractivity contribution in [3.05, 3.63) is 68.5 Å². The highest BCUT2D eigenvalue weighted by Crippen LogP contribution is 2.21. The van der Waals surface area contributed by atoms with Gasteiger partial charge in [-0.15, -0.1) is 0 Å². The lowest BCUT2D eigenvalue weighted by Gasteiger charge is -2.02. The van der Waals surface area contributed by atoms with Gasteiger partial charge in [-0.05, 0) is 42.8 Å². The third kappa shape index (κ3) is 4.03. The normalized spacial score (nSPS) is 13.3. The van der Waals surface area contributed by atoms with Crippen LogP contribution >= 0.6 is 27.5 Å². The van der Waals surface area contributed by atoms with Crippen molar-refractivity contribution in [2.24, 2.45) is 0 Å². The van der Waals surface area contributed by atoms with Crippen molar-refractivity contribution in [3.8, 4) is 0 Å². The van der Waals surface area contributed by atoms with E-state index in [1.165, 1.54) is 0 Å². The highest BCUT2D eigenvalue weighted by Gasteiger charge is 2.07. The van der Waals surface area contributed by atoms with Gasteiger partial charge in [0.15, 0.2) is 0 Å². The van der Waals surface area contributed by atoms with Gasteiger partial charge in [0.1, 0.15) is 4.36 Å². The maximum atomic E-state index is 12.2. The highest BCUT2D eigenvalue weighted by atomic mass is 79.9. The number of rotatable bonds is 3. The van der Waals surface area contributed by atoms with Crippen molar-refractivity contribution in [2.75, 3.05) is 0 Å². The monoisotopic (exact) mass is 354 g/mol. The molecule has 1 nitrogen and oxygen atoms in total. The van der Waals surface area contributed by atoms with E-state index in [9.17, 15) is 4.21 Å². The Hall–Kier alpha value is -0.900. The van der Waals surface area contributed by atoms with E-state index in [-0.39, 0.29) is 0 Å². The number of aryl methyl sites for hydroxylation is 1. The average Bonchev–Trinajstić information content (AvgIpc) is 2.41. The molecule has 0 saturated heterocycles. The molecule has 19 heavy (non-hydrogen) atoms. The first-order chi connectivity index (χ1) is 9.06. The van der Waals surface area contributed by atoms with Crippen LogP contribution in [0.15, 0.2) is 62.3 Å². The molecule has 0 spiro atoms. The Kier molecular flexibility index (Phi) is 4.97. The molecule has 0 aromatic heterocycles. The van der Waals surface area contributed by atoms with Crippen molar-refractivity contribution in [1.82, 2.24) is 0 Å². The zero-order chi connectivity index (χ0) is 13.8. The fraction of sp³-hybridized carbons (Fsp3) is 0.0667. The van der Waals surface area contributed by atoms with Crippen LogP contribution in [0.25, 0.3) is 6.08 Å². The van der Waals surface area contributed by atoms with Crippen LogP contribution in [-0.2, 0) is 10.8 Å². The summed E-state index contributed by atoms with van der Waals surface area (Å²) in [7, 11) is -1.33. The summed E-state index contributed by atoms with van der Waals surface area (Å²) >= 11 is 9.50. The van der Waals surface area contributed by atoms with Crippen LogP contribution in [0.4, 0.5) is 0 Å². The van der Waals surface area contributed by atoms with Gasteiger partial charge in [-0.25, -0.2) is 4.21 Å². The first kappa shape index (κ1) is 14.5. The Morgan fingerprint density at radius 2 is 1.68 bits per heavy atom. The van der Waals surface area contributed by atoms with Crippen molar-refractivity contribution in [1.29, 1.82) is 0 Å². The van der Waals surface area contributed by atoms with E-state index in [1.54, 1.807) is 6.08 Å². The van der Waals surface area contributed by atoms with E-state index in [1.807, 2.05) is 55.5 Å². The number of benzene rings is 2. The van der Waals surface area contributed by atoms with Crippen molar-refractivity contribution >= 4 is 44.4 Å². The van der Waals surface area contributed by atoms with Crippen LogP contribution in [0.3, 0.4) is 0 Å². The molecule has 1 unspecified atom stereocenters. The predicted octanol–water partition coefficient (Wildman–Crippen LogP) is 5.10. The third-order valence-electron chi connectivity index (χ3n) is 2.56. The van der Waals surface area contributed by atoms with E-state index in [0.717, 1.165) is 15.6 Å². The second kappa shape index (κ2) is 6.51. The second-order valence-corrected chi connectivity index (χ2v) is 7.08. The van der Waals surface area contributed by atoms with Crippen molar-refractivity contribution in [2.45, 2.75) is 11.8 Å². The van der Waals surface area contributed by atoms with Gasteiger partial charge in [0.05, 0.1) is 10.8 Å². The molecule has 2 aromatic rings. The lowest BCUT2D eigenvalue weighted by molar-refractivity contribution is 0.688. The van der Waals surface area contributed by atoms with E-state index < -0.39 is 10.8 Å². The number of hydrogen-bond acceptors (Lipinski definition) is 1. The van der Waals surface area contributed by atoms with Crippen LogP contribution in [0.1, 0.15) is 11.1 Å². The molecular weight excluding hydrogens is 344 g/mol. The Morgan fingerprint density at radius 1 is 1.11 bits per heavy atom. The van der Waals surface area contributed by atoms with Crippen LogP contribution < -0.4 is 0 Å². The molecule has 4 heteroatoms. The lowest BCUT2D eigenvalue weighted by atomic mass is 10.2. The minimum absolute atomic E-state index is 0.325. The fourth-order valence-electron chi connectivity index (χ4n) is 1.52. The predicted molar refractivity (Wildman–Crippen MR) is 85.6 cm³/mol. The molecule has 0 aliphatic heterocycles. The van der Waals surface area contributed by atoms with Crippen LogP contribution in [0.2, 0.25) is 0 Å². The summed E-state index contributed by atoms with van der Waals surface area (Å²) in [6.07, 6.45) is 1.73. The molecule has 0 bridgehead atoms. The maximum Gasteiger partial charge on any atom is 0.110 e. The Bertz CT molecular complexity index is 618. The van der Waals surface area contributed by atoms with Gasteiger partial charge in [-0.3, -0.25) is 0 Å². The van der Waals surface area contributed by atoms with Gasteiger partial charge >= 0.3 is 0 Å². The molecule has 0 aliphatic rings. The van der Waals surface area contributed by atoms with E-state index in [0.29, 0.717) is 9.26 Å². The molecule has 0 amide bonds. The fourth-order valence-corrected chi connectivity index (χ4v) is 3.03. The highest BCUT2D eigenvalue weighted by molar-refractivity contribution is 9.10. The van der Waals surface area contributed by atoms with Gasteiger partial charge in [-0.2, -0.15) is 0 Å². The molecule has 0 radical (unpaired) electrons. The van der Waals surface area contributed by atoms with E-state index in [2.05, 4.69) is 15.9 Å². The Morgan fingerprint density at radius 3 is 2.26 bits per heavy atom. The van der Waals surface area contributed by atoms with Crippen molar-refractivity contribution in [3.63, 3.8) is 0 Å². The Balaban J connectivity index is 2.23. The second-order valence-electron chi connectivity index (χ2n) is 4.08. The number of hydrogen-bond donors (Lipinski definition) is 0. The molecule has 0 fully saturated rings. The third-order valence-corrected chi connectivity index (χ3v) is 4.79. The summed E-state index contributed by atoms with van der Waals surface area (Å²) in [5.74, 6) is 0. The van der Waals surface area contributed by atoms with Crippen LogP contribution in [-0.4, -0.2) is 4.21 Å². The minimum atomic E-state index is -1.33. The van der Waals surface area contributed by atoms with Gasteiger partial charge in [0.25, 0.3) is 0 Å².